The highest BCUT2D eigenvalue weighted by Crippen LogP contribution is 2.38. The van der Waals surface area contributed by atoms with Gasteiger partial charge in [-0.1, -0.05) is 11.6 Å². The third-order valence-electron chi connectivity index (χ3n) is 7.05. The van der Waals surface area contributed by atoms with Crippen LogP contribution in [0.1, 0.15) is 64.5 Å². The number of nitrogens with one attached hydrogen (secondary N) is 4. The maximum atomic E-state index is 12.6. The number of sulfone groups is 1. The SMILES string of the molecule is CCOc1cc(C2CCN(C(C)C)CC2)c(C)cc1Nc1ncc(Cl)c(N/C(=C/NC)C(=N)S(=O)(=O)C(C)C)n1. The summed E-state index contributed by atoms with van der Waals surface area (Å²) in [6, 6.07) is 4.73. The Kier molecular flexibility index (Phi) is 10.8. The van der Waals surface area contributed by atoms with Crippen LogP contribution < -0.4 is 20.7 Å². The fraction of sp³-hybridized carbons (Fsp3) is 0.536. The first kappa shape index (κ1) is 31.6. The molecule has 1 aliphatic heterocycles. The largest absolute Gasteiger partial charge is 0.492 e. The predicted molar refractivity (Wildman–Crippen MR) is 164 cm³/mol. The van der Waals surface area contributed by atoms with Gasteiger partial charge >= 0.3 is 0 Å². The van der Waals surface area contributed by atoms with Crippen molar-refractivity contribution in [3.8, 4) is 5.75 Å². The molecule has 2 aromatic rings. The van der Waals surface area contributed by atoms with Crippen LogP contribution in [0.5, 0.6) is 5.75 Å². The van der Waals surface area contributed by atoms with Gasteiger partial charge in [0.1, 0.15) is 10.8 Å². The van der Waals surface area contributed by atoms with E-state index in [-0.39, 0.29) is 22.5 Å². The van der Waals surface area contributed by atoms with Gasteiger partial charge in [-0.15, -0.1) is 0 Å². The number of anilines is 3. The topological polar surface area (TPSA) is 132 Å². The van der Waals surface area contributed by atoms with Gasteiger partial charge < -0.3 is 25.6 Å². The van der Waals surface area contributed by atoms with Gasteiger partial charge in [-0.3, -0.25) is 5.41 Å². The molecule has 220 valence electrons. The van der Waals surface area contributed by atoms with E-state index in [0.29, 0.717) is 24.3 Å². The quantitative estimate of drug-likeness (QED) is 0.199. The standard InChI is InChI=1S/C28H42ClN7O3S/c1-8-39-25-14-21(20-9-11-36(12-10-20)17(2)3)19(6)13-23(25)34-28-32-15-22(29)27(35-28)33-24(16-31-7)26(30)40(37,38)18(4)5/h13-18,20,30-31H,8-12H2,1-7H3,(H2,32,33,34,35)/b24-16+,30-26?. The molecule has 0 bridgehead atoms. The molecule has 1 fully saturated rings. The third kappa shape index (κ3) is 7.44. The Morgan fingerprint density at radius 3 is 2.50 bits per heavy atom. The summed E-state index contributed by atoms with van der Waals surface area (Å²) in [7, 11) is -2.22. The maximum absolute atomic E-state index is 12.6. The van der Waals surface area contributed by atoms with Crippen molar-refractivity contribution in [3.05, 3.63) is 46.4 Å². The van der Waals surface area contributed by atoms with Crippen LogP contribution in [0.25, 0.3) is 0 Å². The summed E-state index contributed by atoms with van der Waals surface area (Å²) in [6.07, 6.45) is 5.02. The molecular formula is C28H42ClN7O3S. The van der Waals surface area contributed by atoms with Gasteiger partial charge in [0, 0.05) is 19.3 Å². The molecule has 2 heterocycles. The molecule has 0 aliphatic carbocycles. The molecule has 40 heavy (non-hydrogen) atoms. The Morgan fingerprint density at radius 1 is 1.25 bits per heavy atom. The fourth-order valence-corrected chi connectivity index (χ4v) is 5.72. The van der Waals surface area contributed by atoms with Crippen molar-refractivity contribution < 1.29 is 13.2 Å². The summed E-state index contributed by atoms with van der Waals surface area (Å²) in [5.74, 6) is 1.59. The lowest BCUT2D eigenvalue weighted by Gasteiger charge is -2.35. The van der Waals surface area contributed by atoms with E-state index in [0.717, 1.165) is 37.2 Å². The summed E-state index contributed by atoms with van der Waals surface area (Å²) < 4.78 is 31.3. The van der Waals surface area contributed by atoms with E-state index in [1.165, 1.54) is 31.8 Å². The third-order valence-corrected chi connectivity index (χ3v) is 9.36. The van der Waals surface area contributed by atoms with Crippen LogP contribution in [0.2, 0.25) is 5.02 Å². The van der Waals surface area contributed by atoms with Crippen LogP contribution in [-0.2, 0) is 9.84 Å². The predicted octanol–water partition coefficient (Wildman–Crippen LogP) is 5.44. The molecule has 0 spiro atoms. The zero-order valence-electron chi connectivity index (χ0n) is 24.4. The lowest BCUT2D eigenvalue weighted by molar-refractivity contribution is 0.171. The van der Waals surface area contributed by atoms with Crippen LogP contribution in [-0.4, -0.2) is 66.4 Å². The number of hydrogen-bond donors (Lipinski definition) is 4. The zero-order chi connectivity index (χ0) is 29.6. The number of hydrogen-bond acceptors (Lipinski definition) is 10. The molecule has 0 atom stereocenters. The highest BCUT2D eigenvalue weighted by atomic mass is 35.5. The van der Waals surface area contributed by atoms with Gasteiger partial charge in [0.05, 0.1) is 29.4 Å². The van der Waals surface area contributed by atoms with Gasteiger partial charge in [-0.05, 0) is 96.7 Å². The second-order valence-electron chi connectivity index (χ2n) is 10.5. The lowest BCUT2D eigenvalue weighted by atomic mass is 9.86. The summed E-state index contributed by atoms with van der Waals surface area (Å²) in [5, 5.41) is 16.0. The minimum absolute atomic E-state index is 0.0152. The number of ether oxygens (including phenoxy) is 1. The minimum Gasteiger partial charge on any atom is -0.492 e. The number of piperidine rings is 1. The van der Waals surface area contributed by atoms with Crippen molar-refractivity contribution in [1.29, 1.82) is 5.41 Å². The van der Waals surface area contributed by atoms with E-state index >= 15 is 0 Å². The molecule has 4 N–H and O–H groups in total. The van der Waals surface area contributed by atoms with Gasteiger partial charge in [0.25, 0.3) is 0 Å². The van der Waals surface area contributed by atoms with Crippen molar-refractivity contribution in [1.82, 2.24) is 20.2 Å². The normalized spacial score (nSPS) is 15.4. The van der Waals surface area contributed by atoms with Gasteiger partial charge in [-0.25, -0.2) is 13.4 Å². The summed E-state index contributed by atoms with van der Waals surface area (Å²) in [6.45, 7) is 14.3. The molecule has 10 nitrogen and oxygen atoms in total. The number of benzene rings is 1. The van der Waals surface area contributed by atoms with Crippen LogP contribution in [0.4, 0.5) is 17.5 Å². The number of rotatable bonds is 11. The van der Waals surface area contributed by atoms with E-state index in [1.54, 1.807) is 7.05 Å². The number of nitrogens with zero attached hydrogens (tertiary/aromatic N) is 3. The van der Waals surface area contributed by atoms with Gasteiger partial charge in [-0.2, -0.15) is 4.98 Å². The average Bonchev–Trinajstić information content (AvgIpc) is 2.91. The molecule has 0 amide bonds. The first-order valence-electron chi connectivity index (χ1n) is 13.7. The molecule has 1 aromatic heterocycles. The Bertz CT molecular complexity index is 1340. The van der Waals surface area contributed by atoms with Crippen LogP contribution >= 0.6 is 11.6 Å². The van der Waals surface area contributed by atoms with Gasteiger partial charge in [0.15, 0.2) is 20.7 Å². The maximum Gasteiger partial charge on any atom is 0.229 e. The molecule has 1 aliphatic rings. The van der Waals surface area contributed by atoms with E-state index in [2.05, 4.69) is 63.7 Å². The number of aryl methyl sites for hydroxylation is 1. The second kappa shape index (κ2) is 13.6. The first-order valence-corrected chi connectivity index (χ1v) is 15.6. The minimum atomic E-state index is -3.84. The highest BCUT2D eigenvalue weighted by Gasteiger charge is 2.27. The summed E-state index contributed by atoms with van der Waals surface area (Å²) in [4.78, 5) is 11.3. The number of halogens is 1. The smallest absolute Gasteiger partial charge is 0.229 e. The summed E-state index contributed by atoms with van der Waals surface area (Å²) >= 11 is 6.36. The molecule has 1 saturated heterocycles. The number of likely N-dealkylation sites (tertiary alicyclic amines) is 1. The molecular weight excluding hydrogens is 550 g/mol. The van der Waals surface area contributed by atoms with Crippen LogP contribution in [0, 0.1) is 12.3 Å². The molecule has 0 radical (unpaired) electrons. The number of aromatic nitrogens is 2. The first-order chi connectivity index (χ1) is 18.9. The average molecular weight is 592 g/mol. The Balaban J connectivity index is 1.88. The van der Waals surface area contributed by atoms with E-state index in [9.17, 15) is 8.42 Å². The Labute approximate surface area is 243 Å². The van der Waals surface area contributed by atoms with Crippen LogP contribution in [0.15, 0.2) is 30.2 Å². The summed E-state index contributed by atoms with van der Waals surface area (Å²) in [5.41, 5.74) is 3.19. The van der Waals surface area contributed by atoms with Crippen molar-refractivity contribution in [2.75, 3.05) is 37.4 Å². The highest BCUT2D eigenvalue weighted by molar-refractivity contribution is 8.07. The van der Waals surface area contributed by atoms with Gasteiger partial charge in [0.2, 0.25) is 5.95 Å². The molecule has 0 saturated carbocycles. The zero-order valence-corrected chi connectivity index (χ0v) is 26.0. The Hall–Kier alpha value is -2.89. The van der Waals surface area contributed by atoms with Crippen molar-refractivity contribution in [2.24, 2.45) is 0 Å². The molecule has 12 heteroatoms. The van der Waals surface area contributed by atoms with Crippen molar-refractivity contribution in [3.63, 3.8) is 0 Å². The molecule has 3 rings (SSSR count). The van der Waals surface area contributed by atoms with E-state index < -0.39 is 20.1 Å². The fourth-order valence-electron chi connectivity index (χ4n) is 4.70. The monoisotopic (exact) mass is 591 g/mol. The van der Waals surface area contributed by atoms with E-state index in [1.807, 2.05) is 6.92 Å². The second-order valence-corrected chi connectivity index (χ2v) is 13.3. The molecule has 0 unspecified atom stereocenters. The van der Waals surface area contributed by atoms with Crippen molar-refractivity contribution >= 4 is 43.9 Å². The Morgan fingerprint density at radius 2 is 1.93 bits per heavy atom. The van der Waals surface area contributed by atoms with Crippen LogP contribution in [0.3, 0.4) is 0 Å². The molecule has 1 aromatic carbocycles. The van der Waals surface area contributed by atoms with E-state index in [4.69, 9.17) is 21.7 Å². The lowest BCUT2D eigenvalue weighted by Crippen LogP contribution is -2.37. The van der Waals surface area contributed by atoms with Crippen molar-refractivity contribution in [2.45, 2.75) is 71.6 Å².